The quantitative estimate of drug-likeness (QED) is 0.535. The van der Waals surface area contributed by atoms with Crippen molar-refractivity contribution in [2.75, 3.05) is 7.11 Å². The Morgan fingerprint density at radius 3 is 2.57 bits per heavy atom. The van der Waals surface area contributed by atoms with Crippen molar-refractivity contribution in [2.24, 2.45) is 0 Å². The first-order valence-electron chi connectivity index (χ1n) is 10.8. The predicted molar refractivity (Wildman–Crippen MR) is 121 cm³/mol. The van der Waals surface area contributed by atoms with Crippen molar-refractivity contribution in [1.82, 2.24) is 10.8 Å². The minimum absolute atomic E-state index is 0.212. The van der Waals surface area contributed by atoms with Crippen LogP contribution in [0.1, 0.15) is 66.1 Å². The van der Waals surface area contributed by atoms with Gasteiger partial charge in [-0.15, -0.1) is 0 Å². The van der Waals surface area contributed by atoms with Crippen LogP contribution in [0.2, 0.25) is 0 Å². The zero-order chi connectivity index (χ0) is 20.9. The van der Waals surface area contributed by atoms with E-state index < -0.39 is 0 Å². The lowest BCUT2D eigenvalue weighted by atomic mass is 9.80. The molecule has 0 heterocycles. The van der Waals surface area contributed by atoms with E-state index in [9.17, 15) is 4.79 Å². The molecule has 0 radical (unpaired) electrons. The summed E-state index contributed by atoms with van der Waals surface area (Å²) in [5, 5.41) is 6.52. The van der Waals surface area contributed by atoms with Crippen molar-refractivity contribution in [2.45, 2.75) is 50.6 Å². The maximum atomic E-state index is 11.9. The summed E-state index contributed by atoms with van der Waals surface area (Å²) in [5.74, 6) is 0.312. The largest absolute Gasteiger partial charge is 0.307 e. The van der Waals surface area contributed by atoms with Crippen molar-refractivity contribution in [3.63, 3.8) is 0 Å². The number of hydrogen-bond donors (Lipinski definition) is 2. The van der Waals surface area contributed by atoms with E-state index in [-0.39, 0.29) is 5.91 Å². The summed E-state index contributed by atoms with van der Waals surface area (Å²) in [4.78, 5) is 16.6. The zero-order valence-electron chi connectivity index (χ0n) is 17.7. The van der Waals surface area contributed by atoms with E-state index in [4.69, 9.17) is 4.84 Å². The molecule has 1 aliphatic carbocycles. The zero-order valence-corrected chi connectivity index (χ0v) is 17.7. The van der Waals surface area contributed by atoms with Crippen LogP contribution in [0.15, 0.2) is 66.7 Å². The highest BCUT2D eigenvalue weighted by molar-refractivity contribution is 5.93. The van der Waals surface area contributed by atoms with Gasteiger partial charge >= 0.3 is 0 Å². The smallest absolute Gasteiger partial charge is 0.274 e. The first kappa shape index (κ1) is 20.6. The third-order valence-electron chi connectivity index (χ3n) is 6.29. The van der Waals surface area contributed by atoms with E-state index in [2.05, 4.69) is 72.3 Å². The van der Waals surface area contributed by atoms with Gasteiger partial charge in [0.25, 0.3) is 5.91 Å². The van der Waals surface area contributed by atoms with Gasteiger partial charge in [0, 0.05) is 17.6 Å². The van der Waals surface area contributed by atoms with Crippen LogP contribution in [0, 0.1) is 0 Å². The van der Waals surface area contributed by atoms with Crippen LogP contribution in [0.3, 0.4) is 0 Å². The van der Waals surface area contributed by atoms with Crippen LogP contribution in [0.5, 0.6) is 0 Å². The third-order valence-corrected chi connectivity index (χ3v) is 6.29. The van der Waals surface area contributed by atoms with Gasteiger partial charge in [-0.1, -0.05) is 61.0 Å². The molecular formula is C26H30N2O2. The monoisotopic (exact) mass is 402 g/mol. The highest BCUT2D eigenvalue weighted by Crippen LogP contribution is 2.34. The Morgan fingerprint density at radius 1 is 1.00 bits per heavy atom. The lowest BCUT2D eigenvalue weighted by molar-refractivity contribution is 0.0537. The van der Waals surface area contributed by atoms with E-state index in [0.717, 1.165) is 6.42 Å². The minimum atomic E-state index is -0.212. The highest BCUT2D eigenvalue weighted by Gasteiger charge is 2.25. The molecule has 0 saturated heterocycles. The van der Waals surface area contributed by atoms with E-state index in [1.807, 2.05) is 12.1 Å². The normalized spacial score (nSPS) is 20.1. The SMILES string of the molecule is CONC(=O)c1ccc([C@H]2CCCC(NC(C)c3cccc4ccccc34)C2)cc1. The summed E-state index contributed by atoms with van der Waals surface area (Å²) in [6.07, 6.45) is 4.75. The maximum absolute atomic E-state index is 11.9. The third kappa shape index (κ3) is 4.55. The van der Waals surface area contributed by atoms with Crippen LogP contribution in [-0.2, 0) is 4.84 Å². The van der Waals surface area contributed by atoms with Gasteiger partial charge in [0.05, 0.1) is 7.11 Å². The van der Waals surface area contributed by atoms with E-state index in [0.29, 0.717) is 23.6 Å². The molecule has 0 aliphatic heterocycles. The fourth-order valence-corrected chi connectivity index (χ4v) is 4.77. The molecule has 156 valence electrons. The maximum Gasteiger partial charge on any atom is 0.274 e. The first-order valence-corrected chi connectivity index (χ1v) is 10.8. The summed E-state index contributed by atoms with van der Waals surface area (Å²) in [6.45, 7) is 2.27. The summed E-state index contributed by atoms with van der Waals surface area (Å²) < 4.78 is 0. The standard InChI is InChI=1S/C26H30N2O2/c1-18(24-12-6-8-20-7-3-4-11-25(20)24)27-23-10-5-9-22(17-23)19-13-15-21(16-14-19)26(29)28-30-2/h3-4,6-8,11-16,18,22-23,27H,5,9-10,17H2,1-2H3,(H,28,29)/t18?,22-,23?/m0/s1. The molecule has 30 heavy (non-hydrogen) atoms. The second-order valence-electron chi connectivity index (χ2n) is 8.27. The summed E-state index contributed by atoms with van der Waals surface area (Å²) in [7, 11) is 1.45. The van der Waals surface area contributed by atoms with Crippen molar-refractivity contribution < 1.29 is 9.63 Å². The number of carbonyl (C=O) groups is 1. The number of rotatable bonds is 6. The van der Waals surface area contributed by atoms with Crippen molar-refractivity contribution >= 4 is 16.7 Å². The summed E-state index contributed by atoms with van der Waals surface area (Å²) in [5.41, 5.74) is 5.67. The van der Waals surface area contributed by atoms with Gasteiger partial charge in [-0.3, -0.25) is 9.63 Å². The Balaban J connectivity index is 1.43. The second-order valence-corrected chi connectivity index (χ2v) is 8.27. The first-order chi connectivity index (χ1) is 14.7. The Hall–Kier alpha value is -2.69. The van der Waals surface area contributed by atoms with Gasteiger partial charge in [-0.25, -0.2) is 5.48 Å². The second kappa shape index (κ2) is 9.41. The molecule has 0 aromatic heterocycles. The number of benzene rings is 3. The van der Waals surface area contributed by atoms with E-state index >= 15 is 0 Å². The molecule has 0 bridgehead atoms. The molecule has 1 fully saturated rings. The molecule has 1 aliphatic rings. The average molecular weight is 403 g/mol. The van der Waals surface area contributed by atoms with Crippen molar-refractivity contribution in [1.29, 1.82) is 0 Å². The minimum Gasteiger partial charge on any atom is -0.307 e. The van der Waals surface area contributed by atoms with Gasteiger partial charge in [0.2, 0.25) is 0 Å². The molecule has 3 aromatic rings. The van der Waals surface area contributed by atoms with Crippen LogP contribution >= 0.6 is 0 Å². The summed E-state index contributed by atoms with van der Waals surface area (Å²) >= 11 is 0. The Labute approximate surface area is 178 Å². The Bertz CT molecular complexity index is 994. The number of hydrogen-bond acceptors (Lipinski definition) is 3. The number of hydroxylamine groups is 1. The molecule has 3 atom stereocenters. The van der Waals surface area contributed by atoms with E-state index in [1.165, 1.54) is 48.3 Å². The molecule has 4 heteroatoms. The lowest BCUT2D eigenvalue weighted by Crippen LogP contribution is -2.35. The molecule has 4 rings (SSSR count). The fraction of sp³-hybridized carbons (Fsp3) is 0.346. The highest BCUT2D eigenvalue weighted by atomic mass is 16.6. The van der Waals surface area contributed by atoms with Gasteiger partial charge in [0.15, 0.2) is 0 Å². The van der Waals surface area contributed by atoms with Crippen molar-refractivity contribution in [3.8, 4) is 0 Å². The summed E-state index contributed by atoms with van der Waals surface area (Å²) in [6, 6.07) is 23.9. The molecule has 1 amide bonds. The Morgan fingerprint density at radius 2 is 1.77 bits per heavy atom. The molecule has 0 spiro atoms. The topological polar surface area (TPSA) is 50.4 Å². The van der Waals surface area contributed by atoms with Crippen LogP contribution in [0.25, 0.3) is 10.8 Å². The number of amides is 1. The van der Waals surface area contributed by atoms with Crippen molar-refractivity contribution in [3.05, 3.63) is 83.4 Å². The molecule has 2 unspecified atom stereocenters. The Kier molecular flexibility index (Phi) is 6.46. The molecular weight excluding hydrogens is 372 g/mol. The fourth-order valence-electron chi connectivity index (χ4n) is 4.77. The number of nitrogens with one attached hydrogen (secondary N) is 2. The van der Waals surface area contributed by atoms with Gasteiger partial charge in [-0.05, 0) is 66.1 Å². The van der Waals surface area contributed by atoms with Gasteiger partial charge in [0.1, 0.15) is 0 Å². The number of fused-ring (bicyclic) bond motifs is 1. The molecule has 2 N–H and O–H groups in total. The van der Waals surface area contributed by atoms with Gasteiger partial charge < -0.3 is 5.32 Å². The lowest BCUT2D eigenvalue weighted by Gasteiger charge is -2.32. The molecule has 4 nitrogen and oxygen atoms in total. The molecule has 3 aromatic carbocycles. The van der Waals surface area contributed by atoms with Crippen LogP contribution < -0.4 is 10.8 Å². The number of carbonyl (C=O) groups excluding carboxylic acids is 1. The average Bonchev–Trinajstić information content (AvgIpc) is 2.79. The van der Waals surface area contributed by atoms with Crippen LogP contribution in [0.4, 0.5) is 0 Å². The molecule has 1 saturated carbocycles. The van der Waals surface area contributed by atoms with E-state index in [1.54, 1.807) is 0 Å². The van der Waals surface area contributed by atoms with Crippen LogP contribution in [-0.4, -0.2) is 19.1 Å². The predicted octanol–water partition coefficient (Wildman–Crippen LogP) is 5.51. The van der Waals surface area contributed by atoms with Gasteiger partial charge in [-0.2, -0.15) is 0 Å².